The summed E-state index contributed by atoms with van der Waals surface area (Å²) >= 11 is 5.68. The number of nitrogens with zero attached hydrogens (tertiary/aromatic N) is 2. The van der Waals surface area contributed by atoms with E-state index < -0.39 is 5.97 Å². The van der Waals surface area contributed by atoms with Crippen molar-refractivity contribution in [2.45, 2.75) is 0 Å². The minimum Gasteiger partial charge on any atom is -0.459 e. The molecule has 0 aliphatic heterocycles. The molecule has 1 aromatic rings. The van der Waals surface area contributed by atoms with Crippen LogP contribution in [0.2, 0.25) is 5.02 Å². The van der Waals surface area contributed by atoms with E-state index in [2.05, 4.69) is 10.3 Å². The van der Waals surface area contributed by atoms with E-state index in [0.29, 0.717) is 10.8 Å². The van der Waals surface area contributed by atoms with E-state index in [0.717, 1.165) is 0 Å². The number of nitrogens with one attached hydrogen (secondary N) is 1. The van der Waals surface area contributed by atoms with Crippen LogP contribution in [0.15, 0.2) is 30.1 Å². The van der Waals surface area contributed by atoms with Gasteiger partial charge in [0.1, 0.15) is 18.5 Å². The fourth-order valence-electron chi connectivity index (χ4n) is 1.04. The van der Waals surface area contributed by atoms with E-state index >= 15 is 0 Å². The Morgan fingerprint density at radius 1 is 1.58 bits per heavy atom. The van der Waals surface area contributed by atoms with Crippen LogP contribution >= 0.6 is 11.6 Å². The molecule has 0 spiro atoms. The molecule has 0 amide bonds. The molecule has 1 N–H and O–H groups in total. The molecule has 19 heavy (non-hydrogen) atoms. The highest BCUT2D eigenvalue weighted by molar-refractivity contribution is 6.30. The second kappa shape index (κ2) is 8.08. The Bertz CT molecular complexity index is 494. The maximum absolute atomic E-state index is 11.5. The lowest BCUT2D eigenvalue weighted by atomic mass is 10.3. The Labute approximate surface area is 115 Å². The van der Waals surface area contributed by atoms with Gasteiger partial charge in [0, 0.05) is 19.5 Å². The van der Waals surface area contributed by atoms with E-state index in [1.165, 1.54) is 19.5 Å². The van der Waals surface area contributed by atoms with Crippen LogP contribution in [0.1, 0.15) is 0 Å². The number of aromatic nitrogens is 1. The second-order valence-electron chi connectivity index (χ2n) is 3.30. The lowest BCUT2D eigenvalue weighted by Crippen LogP contribution is -2.12. The van der Waals surface area contributed by atoms with E-state index in [-0.39, 0.29) is 18.8 Å². The molecular formula is C12H12ClN3O3. The highest BCUT2D eigenvalue weighted by Crippen LogP contribution is 2.10. The molecule has 0 aliphatic rings. The zero-order chi connectivity index (χ0) is 14.1. The summed E-state index contributed by atoms with van der Waals surface area (Å²) in [5.41, 5.74) is -0.159. The van der Waals surface area contributed by atoms with Gasteiger partial charge < -0.3 is 14.8 Å². The van der Waals surface area contributed by atoms with Crippen LogP contribution in [0.5, 0.6) is 0 Å². The third kappa shape index (κ3) is 5.38. The number of anilines is 1. The van der Waals surface area contributed by atoms with Crippen molar-refractivity contribution >= 4 is 23.4 Å². The van der Waals surface area contributed by atoms with E-state index in [4.69, 9.17) is 26.3 Å². The van der Waals surface area contributed by atoms with Gasteiger partial charge in [-0.3, -0.25) is 0 Å². The number of carbonyl (C=O) groups is 1. The molecule has 0 fully saturated rings. The highest BCUT2D eigenvalue weighted by atomic mass is 35.5. The predicted octanol–water partition coefficient (Wildman–Crippen LogP) is 1.74. The van der Waals surface area contributed by atoms with Crippen molar-refractivity contribution in [3.8, 4) is 6.07 Å². The van der Waals surface area contributed by atoms with Crippen LogP contribution in [0.4, 0.5) is 5.82 Å². The normalized spacial score (nSPS) is 10.7. The lowest BCUT2D eigenvalue weighted by molar-refractivity contribution is -0.139. The molecule has 0 saturated heterocycles. The first-order valence-electron chi connectivity index (χ1n) is 5.31. The van der Waals surface area contributed by atoms with Crippen LogP contribution in [0.25, 0.3) is 0 Å². The largest absolute Gasteiger partial charge is 0.459 e. The lowest BCUT2D eigenvalue weighted by Gasteiger charge is -2.03. The molecule has 0 radical (unpaired) electrons. The third-order valence-corrected chi connectivity index (χ3v) is 2.18. The molecule has 0 aliphatic carbocycles. The van der Waals surface area contributed by atoms with Crippen LogP contribution in [0.3, 0.4) is 0 Å². The van der Waals surface area contributed by atoms with Gasteiger partial charge in [0.05, 0.1) is 11.6 Å². The number of hydrogen-bond acceptors (Lipinski definition) is 6. The van der Waals surface area contributed by atoms with Crippen molar-refractivity contribution in [2.75, 3.05) is 25.6 Å². The minimum absolute atomic E-state index is 0.0908. The van der Waals surface area contributed by atoms with E-state index in [9.17, 15) is 4.79 Å². The summed E-state index contributed by atoms with van der Waals surface area (Å²) in [6.45, 7) is 0.365. The van der Waals surface area contributed by atoms with Crippen LogP contribution < -0.4 is 5.32 Å². The summed E-state index contributed by atoms with van der Waals surface area (Å²) in [5, 5.41) is 12.0. The van der Waals surface area contributed by atoms with E-state index in [1.807, 2.05) is 0 Å². The number of halogens is 1. The van der Waals surface area contributed by atoms with Gasteiger partial charge in [0.15, 0.2) is 5.57 Å². The predicted molar refractivity (Wildman–Crippen MR) is 69.4 cm³/mol. The van der Waals surface area contributed by atoms with Crippen LogP contribution in [0, 0.1) is 11.3 Å². The molecule has 1 rings (SSSR count). The Balaban J connectivity index is 2.59. The van der Waals surface area contributed by atoms with Gasteiger partial charge in [-0.25, -0.2) is 9.78 Å². The van der Waals surface area contributed by atoms with Gasteiger partial charge in [-0.1, -0.05) is 11.6 Å². The number of esters is 1. The number of rotatable bonds is 6. The van der Waals surface area contributed by atoms with Crippen molar-refractivity contribution in [2.24, 2.45) is 0 Å². The Kier molecular flexibility index (Phi) is 6.36. The summed E-state index contributed by atoms with van der Waals surface area (Å²) in [6.07, 6.45) is 2.67. The quantitative estimate of drug-likeness (QED) is 0.370. The molecule has 0 saturated carbocycles. The fraction of sp³-hybridized carbons (Fsp3) is 0.250. The SMILES string of the molecule is COCCOC(=O)/C(C#N)=C/Nc1ccc(Cl)cn1. The zero-order valence-electron chi connectivity index (χ0n) is 10.2. The Hall–Kier alpha value is -2.10. The number of pyridine rings is 1. The highest BCUT2D eigenvalue weighted by Gasteiger charge is 2.10. The smallest absolute Gasteiger partial charge is 0.350 e. The maximum Gasteiger partial charge on any atom is 0.350 e. The summed E-state index contributed by atoms with van der Waals surface area (Å²) in [7, 11) is 1.49. The average molecular weight is 282 g/mol. The number of methoxy groups -OCH3 is 1. The monoisotopic (exact) mass is 281 g/mol. The van der Waals surface area contributed by atoms with Crippen molar-refractivity contribution in [3.63, 3.8) is 0 Å². The number of hydrogen-bond donors (Lipinski definition) is 1. The maximum atomic E-state index is 11.5. The Morgan fingerprint density at radius 3 is 2.95 bits per heavy atom. The van der Waals surface area contributed by atoms with Crippen molar-refractivity contribution in [1.29, 1.82) is 5.26 Å². The standard InChI is InChI=1S/C12H12ClN3O3/c1-18-4-5-19-12(17)9(6-14)7-15-11-3-2-10(13)8-16-11/h2-3,7-8H,4-5H2,1H3,(H,15,16)/b9-7+. The molecular weight excluding hydrogens is 270 g/mol. The number of carbonyl (C=O) groups excluding carboxylic acids is 1. The van der Waals surface area contributed by atoms with Crippen LogP contribution in [-0.4, -0.2) is 31.3 Å². The van der Waals surface area contributed by atoms with Crippen LogP contribution in [-0.2, 0) is 14.3 Å². The minimum atomic E-state index is -0.721. The molecule has 1 aromatic heterocycles. The fourth-order valence-corrected chi connectivity index (χ4v) is 1.15. The van der Waals surface area contributed by atoms with Gasteiger partial charge >= 0.3 is 5.97 Å². The molecule has 0 aromatic carbocycles. The van der Waals surface area contributed by atoms with Crippen molar-refractivity contribution < 1.29 is 14.3 Å². The molecule has 0 unspecified atom stereocenters. The zero-order valence-corrected chi connectivity index (χ0v) is 11.0. The van der Waals surface area contributed by atoms with Crippen molar-refractivity contribution in [3.05, 3.63) is 35.1 Å². The first-order valence-corrected chi connectivity index (χ1v) is 5.69. The Morgan fingerprint density at radius 2 is 2.37 bits per heavy atom. The first-order chi connectivity index (χ1) is 9.17. The average Bonchev–Trinajstić information content (AvgIpc) is 2.42. The van der Waals surface area contributed by atoms with Gasteiger partial charge in [-0.15, -0.1) is 0 Å². The van der Waals surface area contributed by atoms with E-state index in [1.54, 1.807) is 18.2 Å². The second-order valence-corrected chi connectivity index (χ2v) is 3.74. The molecule has 1 heterocycles. The topological polar surface area (TPSA) is 84.2 Å². The van der Waals surface area contributed by atoms with Gasteiger partial charge in [-0.05, 0) is 12.1 Å². The number of nitriles is 1. The first kappa shape index (κ1) is 15.0. The van der Waals surface area contributed by atoms with Crippen molar-refractivity contribution in [1.82, 2.24) is 4.98 Å². The molecule has 7 heteroatoms. The van der Waals surface area contributed by atoms with Gasteiger partial charge in [0.25, 0.3) is 0 Å². The number of ether oxygens (including phenoxy) is 2. The van der Waals surface area contributed by atoms with Gasteiger partial charge in [-0.2, -0.15) is 5.26 Å². The molecule has 0 atom stereocenters. The van der Waals surface area contributed by atoms with Gasteiger partial charge in [0.2, 0.25) is 0 Å². The molecule has 6 nitrogen and oxygen atoms in total. The third-order valence-electron chi connectivity index (χ3n) is 1.95. The summed E-state index contributed by atoms with van der Waals surface area (Å²) < 4.78 is 9.54. The summed E-state index contributed by atoms with van der Waals surface area (Å²) in [6, 6.07) is 4.99. The summed E-state index contributed by atoms with van der Waals surface area (Å²) in [5.74, 6) is -0.261. The molecule has 0 bridgehead atoms. The summed E-state index contributed by atoms with van der Waals surface area (Å²) in [4.78, 5) is 15.4. The molecule has 100 valence electrons.